The fourth-order valence-corrected chi connectivity index (χ4v) is 1.40. The first-order valence-electron chi connectivity index (χ1n) is 5.92. The van der Waals surface area contributed by atoms with Crippen LogP contribution in [0.4, 0.5) is 0 Å². The molecule has 1 unspecified atom stereocenters. The van der Waals surface area contributed by atoms with Gasteiger partial charge >= 0.3 is 0 Å². The summed E-state index contributed by atoms with van der Waals surface area (Å²) in [6, 6.07) is 1.50. The van der Waals surface area contributed by atoms with Crippen LogP contribution in [0, 0.1) is 0 Å². The number of carbonyl (C=O) groups excluding carboxylic acids is 1. The van der Waals surface area contributed by atoms with Gasteiger partial charge in [-0.15, -0.1) is 0 Å². The molecule has 7 nitrogen and oxygen atoms in total. The van der Waals surface area contributed by atoms with Crippen LogP contribution in [0.5, 0.6) is 0 Å². The van der Waals surface area contributed by atoms with E-state index in [4.69, 9.17) is 14.0 Å². The van der Waals surface area contributed by atoms with Crippen LogP contribution in [0.3, 0.4) is 0 Å². The highest BCUT2D eigenvalue weighted by Gasteiger charge is 2.22. The second-order valence-electron chi connectivity index (χ2n) is 4.53. The van der Waals surface area contributed by atoms with Crippen LogP contribution in [0.1, 0.15) is 29.6 Å². The standard InChI is InChI=1S/C12H20N2O5/c1-12(16,4-5-17-2)8-13-11(15)10-6-9(7-18-3)19-14-10/h6,16H,4-5,7-8H2,1-3H3,(H,13,15). The fourth-order valence-electron chi connectivity index (χ4n) is 1.40. The van der Waals surface area contributed by atoms with Crippen molar-refractivity contribution in [3.05, 3.63) is 17.5 Å². The maximum Gasteiger partial charge on any atom is 0.273 e. The molecule has 0 aliphatic rings. The van der Waals surface area contributed by atoms with Crippen molar-refractivity contribution >= 4 is 5.91 Å². The molecule has 0 bridgehead atoms. The number of hydrogen-bond donors (Lipinski definition) is 2. The van der Waals surface area contributed by atoms with E-state index in [1.54, 1.807) is 14.0 Å². The Labute approximate surface area is 111 Å². The van der Waals surface area contributed by atoms with E-state index in [1.165, 1.54) is 13.2 Å². The number of nitrogens with zero attached hydrogens (tertiary/aromatic N) is 1. The summed E-state index contributed by atoms with van der Waals surface area (Å²) in [5, 5.41) is 16.2. The zero-order valence-corrected chi connectivity index (χ0v) is 11.4. The van der Waals surface area contributed by atoms with Gasteiger partial charge in [0.05, 0.1) is 5.60 Å². The molecule has 0 saturated heterocycles. The molecule has 19 heavy (non-hydrogen) atoms. The Bertz CT molecular complexity index is 403. The van der Waals surface area contributed by atoms with E-state index in [0.29, 0.717) is 18.8 Å². The van der Waals surface area contributed by atoms with Crippen LogP contribution < -0.4 is 5.32 Å². The van der Waals surface area contributed by atoms with E-state index < -0.39 is 11.5 Å². The maximum atomic E-state index is 11.8. The van der Waals surface area contributed by atoms with Crippen molar-refractivity contribution in [2.45, 2.75) is 25.6 Å². The van der Waals surface area contributed by atoms with E-state index in [0.717, 1.165) is 0 Å². The molecular formula is C12H20N2O5. The first kappa shape index (κ1) is 15.6. The van der Waals surface area contributed by atoms with Gasteiger partial charge in [-0.2, -0.15) is 0 Å². The molecule has 0 fully saturated rings. The summed E-state index contributed by atoms with van der Waals surface area (Å²) in [7, 11) is 3.08. The molecule has 0 saturated carbocycles. The molecule has 0 aliphatic heterocycles. The minimum atomic E-state index is -1.02. The number of aliphatic hydroxyl groups is 1. The molecule has 2 N–H and O–H groups in total. The van der Waals surface area contributed by atoms with Crippen molar-refractivity contribution < 1.29 is 23.9 Å². The normalized spacial score (nSPS) is 14.1. The Balaban J connectivity index is 2.45. The number of methoxy groups -OCH3 is 2. The summed E-state index contributed by atoms with van der Waals surface area (Å²) >= 11 is 0. The Morgan fingerprint density at radius 1 is 1.53 bits per heavy atom. The lowest BCUT2D eigenvalue weighted by Gasteiger charge is -2.22. The van der Waals surface area contributed by atoms with Crippen molar-refractivity contribution in [3.63, 3.8) is 0 Å². The first-order chi connectivity index (χ1) is 8.98. The predicted octanol–water partition coefficient (Wildman–Crippen LogP) is 0.338. The number of hydrogen-bond acceptors (Lipinski definition) is 6. The van der Waals surface area contributed by atoms with Gasteiger partial charge in [-0.05, 0) is 6.92 Å². The van der Waals surface area contributed by atoms with Gasteiger partial charge < -0.3 is 24.4 Å². The molecule has 0 spiro atoms. The third kappa shape index (κ3) is 5.37. The molecule has 7 heteroatoms. The van der Waals surface area contributed by atoms with Crippen LogP contribution in [0.2, 0.25) is 0 Å². The Kier molecular flexibility index (Phi) is 5.94. The van der Waals surface area contributed by atoms with Crippen molar-refractivity contribution in [2.75, 3.05) is 27.4 Å². The van der Waals surface area contributed by atoms with Gasteiger partial charge in [0.15, 0.2) is 11.5 Å². The summed E-state index contributed by atoms with van der Waals surface area (Å²) in [6.45, 7) is 2.42. The highest BCUT2D eigenvalue weighted by molar-refractivity contribution is 5.92. The Hall–Kier alpha value is -1.44. The minimum absolute atomic E-state index is 0.113. The number of ether oxygens (including phenoxy) is 2. The molecular weight excluding hydrogens is 252 g/mol. The molecule has 108 valence electrons. The second kappa shape index (κ2) is 7.22. The largest absolute Gasteiger partial charge is 0.388 e. The van der Waals surface area contributed by atoms with Gasteiger partial charge in [-0.1, -0.05) is 5.16 Å². The number of amides is 1. The van der Waals surface area contributed by atoms with E-state index in [1.807, 2.05) is 0 Å². The quantitative estimate of drug-likeness (QED) is 0.708. The van der Waals surface area contributed by atoms with E-state index in [9.17, 15) is 9.90 Å². The van der Waals surface area contributed by atoms with Crippen LogP contribution in [0.25, 0.3) is 0 Å². The van der Waals surface area contributed by atoms with E-state index in [-0.39, 0.29) is 18.8 Å². The van der Waals surface area contributed by atoms with Gasteiger partial charge in [-0.3, -0.25) is 4.79 Å². The van der Waals surface area contributed by atoms with Crippen molar-refractivity contribution in [3.8, 4) is 0 Å². The molecule has 0 aromatic carbocycles. The molecule has 0 radical (unpaired) electrons. The highest BCUT2D eigenvalue weighted by atomic mass is 16.5. The maximum absolute atomic E-state index is 11.8. The summed E-state index contributed by atoms with van der Waals surface area (Å²) in [6.07, 6.45) is 0.428. The highest BCUT2D eigenvalue weighted by Crippen LogP contribution is 2.09. The van der Waals surface area contributed by atoms with E-state index >= 15 is 0 Å². The van der Waals surface area contributed by atoms with Gasteiger partial charge in [0.25, 0.3) is 5.91 Å². The zero-order chi connectivity index (χ0) is 14.3. The summed E-state index contributed by atoms with van der Waals surface area (Å²) in [5.41, 5.74) is -0.861. The van der Waals surface area contributed by atoms with Crippen LogP contribution in [0.15, 0.2) is 10.6 Å². The first-order valence-corrected chi connectivity index (χ1v) is 5.92. The molecule has 1 atom stereocenters. The van der Waals surface area contributed by atoms with Gasteiger partial charge in [0, 0.05) is 39.9 Å². The average molecular weight is 272 g/mol. The zero-order valence-electron chi connectivity index (χ0n) is 11.4. The second-order valence-corrected chi connectivity index (χ2v) is 4.53. The third-order valence-corrected chi connectivity index (χ3v) is 2.55. The lowest BCUT2D eigenvalue weighted by molar-refractivity contribution is 0.0242. The third-order valence-electron chi connectivity index (χ3n) is 2.55. The number of carbonyl (C=O) groups is 1. The van der Waals surface area contributed by atoms with Gasteiger partial charge in [0.2, 0.25) is 0 Å². The summed E-state index contributed by atoms with van der Waals surface area (Å²) in [4.78, 5) is 11.8. The van der Waals surface area contributed by atoms with Crippen molar-refractivity contribution in [1.82, 2.24) is 10.5 Å². The number of rotatable bonds is 8. The molecule has 0 aliphatic carbocycles. The lowest BCUT2D eigenvalue weighted by Crippen LogP contribution is -2.41. The average Bonchev–Trinajstić information content (AvgIpc) is 2.83. The molecule has 1 amide bonds. The fraction of sp³-hybridized carbons (Fsp3) is 0.667. The molecule has 1 aromatic rings. The van der Waals surface area contributed by atoms with Gasteiger partial charge in [-0.25, -0.2) is 0 Å². The molecule has 1 aromatic heterocycles. The van der Waals surface area contributed by atoms with Crippen LogP contribution in [-0.2, 0) is 16.1 Å². The number of aromatic nitrogens is 1. The lowest BCUT2D eigenvalue weighted by atomic mass is 10.0. The number of nitrogens with one attached hydrogen (secondary N) is 1. The predicted molar refractivity (Wildman–Crippen MR) is 66.7 cm³/mol. The van der Waals surface area contributed by atoms with Gasteiger partial charge in [0.1, 0.15) is 6.61 Å². The van der Waals surface area contributed by atoms with Crippen LogP contribution >= 0.6 is 0 Å². The molecule has 1 rings (SSSR count). The SMILES string of the molecule is COCCC(C)(O)CNC(=O)c1cc(COC)on1. The molecule has 1 heterocycles. The summed E-state index contributed by atoms with van der Waals surface area (Å²) in [5.74, 6) is 0.0718. The summed E-state index contributed by atoms with van der Waals surface area (Å²) < 4.78 is 14.7. The minimum Gasteiger partial charge on any atom is -0.388 e. The van der Waals surface area contributed by atoms with Crippen molar-refractivity contribution in [1.29, 1.82) is 0 Å². The van der Waals surface area contributed by atoms with Crippen LogP contribution in [-0.4, -0.2) is 49.1 Å². The smallest absolute Gasteiger partial charge is 0.273 e. The topological polar surface area (TPSA) is 93.8 Å². The van der Waals surface area contributed by atoms with E-state index in [2.05, 4.69) is 10.5 Å². The Morgan fingerprint density at radius 2 is 2.26 bits per heavy atom. The monoisotopic (exact) mass is 272 g/mol. The Morgan fingerprint density at radius 3 is 2.89 bits per heavy atom. The van der Waals surface area contributed by atoms with Crippen molar-refractivity contribution in [2.24, 2.45) is 0 Å².